The third kappa shape index (κ3) is 5.99. The largest absolute Gasteiger partial charge is 0.507 e. The zero-order valence-electron chi connectivity index (χ0n) is 30.9. The van der Waals surface area contributed by atoms with Crippen molar-refractivity contribution < 1.29 is 24.3 Å². The van der Waals surface area contributed by atoms with Crippen LogP contribution in [0.15, 0.2) is 48.5 Å². The average Bonchev–Trinajstić information content (AvgIpc) is 3.49. The highest BCUT2D eigenvalue weighted by atomic mass is 16.3. The standard InChI is InChI=1S/C40H46N10O5/c1-45-10-12-48(23-6-7-26-28(14-23)40(55)50(39(26)54)33-8-9-36(52)42-38(33)53)19-25(45)18-47-21-30-29(31(30)22-47)20-46-11-13-49-24(17-46)16-41-37-34(49)15-32(43-44-37)27-4-2-3-5-35(27)51/h2-7,14-15,24-25,29-31,33,51H,8-13,16-22H2,1H3,(H,41,44)(H,42,52,53)/t24-,25?,29?,30-,31+,33?/m0/s1. The second kappa shape index (κ2) is 13.3. The summed E-state index contributed by atoms with van der Waals surface area (Å²) in [5.74, 6) is 1.34. The highest BCUT2D eigenvalue weighted by molar-refractivity contribution is 6.23. The van der Waals surface area contributed by atoms with E-state index in [0.29, 0.717) is 34.5 Å². The summed E-state index contributed by atoms with van der Waals surface area (Å²) in [5.41, 5.74) is 3.98. The number of aromatic hydroxyl groups is 1. The summed E-state index contributed by atoms with van der Waals surface area (Å²) in [7, 11) is 2.20. The molecule has 4 amide bonds. The summed E-state index contributed by atoms with van der Waals surface area (Å²) in [6, 6.07) is 14.5. The number of carbonyl (C=O) groups excluding carboxylic acids is 4. The number of phenolic OH excluding ortho intramolecular Hbond substituents is 1. The first-order valence-electron chi connectivity index (χ1n) is 19.6. The van der Waals surface area contributed by atoms with Crippen LogP contribution in [0.1, 0.15) is 33.6 Å². The minimum Gasteiger partial charge on any atom is -0.507 e. The van der Waals surface area contributed by atoms with Crippen molar-refractivity contribution in [2.45, 2.75) is 31.0 Å². The molecular weight excluding hydrogens is 701 g/mol. The normalized spacial score (nSPS) is 29.4. The van der Waals surface area contributed by atoms with Crippen molar-refractivity contribution in [3.05, 3.63) is 59.7 Å². The van der Waals surface area contributed by atoms with Crippen LogP contribution in [-0.4, -0.2) is 156 Å². The van der Waals surface area contributed by atoms with Crippen LogP contribution >= 0.6 is 0 Å². The van der Waals surface area contributed by atoms with Crippen LogP contribution in [0.3, 0.4) is 0 Å². The van der Waals surface area contributed by atoms with Gasteiger partial charge >= 0.3 is 0 Å². The number of nitrogens with one attached hydrogen (secondary N) is 2. The van der Waals surface area contributed by atoms with Crippen LogP contribution in [0.25, 0.3) is 11.3 Å². The molecule has 0 radical (unpaired) electrons. The number of anilines is 3. The first-order valence-corrected chi connectivity index (χ1v) is 19.6. The molecule has 2 aromatic carbocycles. The van der Waals surface area contributed by atoms with Crippen molar-refractivity contribution in [2.75, 3.05) is 94.2 Å². The molecule has 55 heavy (non-hydrogen) atoms. The summed E-state index contributed by atoms with van der Waals surface area (Å²) in [6.45, 7) is 10.8. The number of benzene rings is 2. The first-order chi connectivity index (χ1) is 26.7. The second-order valence-corrected chi connectivity index (χ2v) is 16.4. The van der Waals surface area contributed by atoms with E-state index in [-0.39, 0.29) is 24.5 Å². The maximum absolute atomic E-state index is 13.5. The third-order valence-corrected chi connectivity index (χ3v) is 13.3. The number of imide groups is 2. The molecule has 10 rings (SSSR count). The van der Waals surface area contributed by atoms with Gasteiger partial charge in [0.05, 0.1) is 28.6 Å². The molecule has 0 spiro atoms. The maximum Gasteiger partial charge on any atom is 0.262 e. The van der Waals surface area contributed by atoms with Crippen molar-refractivity contribution in [3.8, 4) is 17.0 Å². The summed E-state index contributed by atoms with van der Waals surface area (Å²) < 4.78 is 0. The Kier molecular flexibility index (Phi) is 8.30. The summed E-state index contributed by atoms with van der Waals surface area (Å²) in [5, 5.41) is 25.0. The Morgan fingerprint density at radius 1 is 0.818 bits per heavy atom. The van der Waals surface area contributed by atoms with Gasteiger partial charge in [0.15, 0.2) is 5.82 Å². The zero-order chi connectivity index (χ0) is 37.5. The Morgan fingerprint density at radius 3 is 2.45 bits per heavy atom. The van der Waals surface area contributed by atoms with Crippen molar-refractivity contribution in [2.24, 2.45) is 17.8 Å². The van der Waals surface area contributed by atoms with Gasteiger partial charge in [-0.1, -0.05) is 12.1 Å². The molecule has 7 aliphatic rings. The van der Waals surface area contributed by atoms with Crippen LogP contribution < -0.4 is 20.4 Å². The van der Waals surface area contributed by atoms with Crippen molar-refractivity contribution >= 4 is 40.8 Å². The Labute approximate surface area is 319 Å². The molecule has 3 N–H and O–H groups in total. The predicted molar refractivity (Wildman–Crippen MR) is 204 cm³/mol. The van der Waals surface area contributed by atoms with E-state index in [1.54, 1.807) is 12.1 Å². The van der Waals surface area contributed by atoms with E-state index in [1.165, 1.54) is 0 Å². The fourth-order valence-electron chi connectivity index (χ4n) is 10.1. The van der Waals surface area contributed by atoms with E-state index in [0.717, 1.165) is 112 Å². The Balaban J connectivity index is 0.728. The number of aromatic nitrogens is 2. The molecule has 3 aromatic rings. The summed E-state index contributed by atoms with van der Waals surface area (Å²) in [6.07, 6.45) is 0.248. The van der Waals surface area contributed by atoms with Gasteiger partial charge in [0.2, 0.25) is 11.8 Å². The van der Waals surface area contributed by atoms with Gasteiger partial charge in [0, 0.05) is 95.7 Å². The van der Waals surface area contributed by atoms with Gasteiger partial charge < -0.3 is 25.1 Å². The molecule has 7 heterocycles. The van der Waals surface area contributed by atoms with Gasteiger partial charge in [0.25, 0.3) is 11.8 Å². The molecule has 1 saturated carbocycles. The number of para-hydroxylation sites is 1. The number of nitrogens with zero attached hydrogens (tertiary/aromatic N) is 8. The Morgan fingerprint density at radius 2 is 1.64 bits per heavy atom. The van der Waals surface area contributed by atoms with E-state index in [2.05, 4.69) is 58.4 Å². The molecule has 1 aliphatic carbocycles. The molecule has 286 valence electrons. The van der Waals surface area contributed by atoms with E-state index in [1.807, 2.05) is 30.3 Å². The number of likely N-dealkylation sites (tertiary alicyclic amines) is 1. The van der Waals surface area contributed by atoms with Gasteiger partial charge in [-0.15, -0.1) is 10.2 Å². The number of hydrogen-bond acceptors (Lipinski definition) is 13. The molecule has 5 fully saturated rings. The van der Waals surface area contributed by atoms with Crippen LogP contribution in [-0.2, 0) is 9.59 Å². The predicted octanol–water partition coefficient (Wildman–Crippen LogP) is 1.16. The number of carbonyl (C=O) groups is 4. The van der Waals surface area contributed by atoms with Crippen LogP contribution in [0.2, 0.25) is 0 Å². The van der Waals surface area contributed by atoms with E-state index in [9.17, 15) is 24.3 Å². The molecule has 15 heteroatoms. The number of hydrogen-bond donors (Lipinski definition) is 3. The van der Waals surface area contributed by atoms with Gasteiger partial charge in [0.1, 0.15) is 11.8 Å². The average molecular weight is 747 g/mol. The zero-order valence-corrected chi connectivity index (χ0v) is 30.9. The molecular formula is C40H46N10O5. The number of likely N-dealkylation sites (N-methyl/N-ethyl adjacent to an activating group) is 1. The van der Waals surface area contributed by atoms with E-state index < -0.39 is 23.8 Å². The summed E-state index contributed by atoms with van der Waals surface area (Å²) >= 11 is 0. The number of rotatable bonds is 7. The molecule has 6 atom stereocenters. The number of amides is 4. The van der Waals surface area contributed by atoms with E-state index >= 15 is 0 Å². The first kappa shape index (κ1) is 34.4. The molecule has 4 saturated heterocycles. The Bertz CT molecular complexity index is 2080. The minimum atomic E-state index is -0.965. The molecule has 6 aliphatic heterocycles. The highest BCUT2D eigenvalue weighted by Gasteiger charge is 2.56. The van der Waals surface area contributed by atoms with Crippen molar-refractivity contribution in [3.63, 3.8) is 0 Å². The molecule has 15 nitrogen and oxygen atoms in total. The van der Waals surface area contributed by atoms with Gasteiger partial charge in [-0.2, -0.15) is 0 Å². The number of piperazine rings is 2. The second-order valence-electron chi connectivity index (χ2n) is 16.4. The quantitative estimate of drug-likeness (QED) is 0.297. The van der Waals surface area contributed by atoms with Crippen LogP contribution in [0, 0.1) is 17.8 Å². The fourth-order valence-corrected chi connectivity index (χ4v) is 10.1. The fraction of sp³-hybridized carbons (Fsp3) is 0.500. The third-order valence-electron chi connectivity index (χ3n) is 13.3. The number of fused-ring (bicyclic) bond motifs is 5. The van der Waals surface area contributed by atoms with Gasteiger partial charge in [-0.05, 0) is 67.6 Å². The highest BCUT2D eigenvalue weighted by Crippen LogP contribution is 2.52. The maximum atomic E-state index is 13.5. The lowest BCUT2D eigenvalue weighted by molar-refractivity contribution is -0.136. The number of phenols is 1. The molecule has 0 bridgehead atoms. The lowest BCUT2D eigenvalue weighted by Crippen LogP contribution is -2.58. The molecule has 1 aromatic heterocycles. The molecule has 3 unspecified atom stereocenters. The topological polar surface area (TPSA) is 158 Å². The lowest BCUT2D eigenvalue weighted by atomic mass is 10.0. The number of piperidine rings is 2. The Hall–Kier alpha value is -5.12. The van der Waals surface area contributed by atoms with Gasteiger partial charge in [-0.3, -0.25) is 39.2 Å². The van der Waals surface area contributed by atoms with Crippen LogP contribution in [0.4, 0.5) is 17.2 Å². The minimum absolute atomic E-state index is 0.101. The monoisotopic (exact) mass is 746 g/mol. The SMILES string of the molecule is CN1CCN(c2ccc3c(c2)C(=O)N(C2CCC(=O)NC2=O)C3=O)CC1CN1C[C@@H]2C(CN3CCN4c5cc(-c6ccccc6O)nnc5NC[C@H]4C3)[C@@H]2C1. The lowest BCUT2D eigenvalue weighted by Gasteiger charge is -2.46. The summed E-state index contributed by atoms with van der Waals surface area (Å²) in [4.78, 5) is 64.4. The smallest absolute Gasteiger partial charge is 0.262 e. The van der Waals surface area contributed by atoms with Crippen LogP contribution in [0.5, 0.6) is 5.75 Å². The van der Waals surface area contributed by atoms with Gasteiger partial charge in [-0.25, -0.2) is 0 Å². The van der Waals surface area contributed by atoms with Crippen molar-refractivity contribution in [1.82, 2.24) is 35.1 Å². The van der Waals surface area contributed by atoms with E-state index in [4.69, 9.17) is 0 Å². The van der Waals surface area contributed by atoms with Crippen molar-refractivity contribution in [1.29, 1.82) is 0 Å².